The van der Waals surface area contributed by atoms with Crippen LogP contribution in [0.2, 0.25) is 0 Å². The van der Waals surface area contributed by atoms with Gasteiger partial charge >= 0.3 is 0 Å². The normalized spacial score (nSPS) is 18.2. The van der Waals surface area contributed by atoms with Crippen molar-refractivity contribution in [1.29, 1.82) is 0 Å². The summed E-state index contributed by atoms with van der Waals surface area (Å²) >= 11 is 0. The Morgan fingerprint density at radius 3 is 2.62 bits per heavy atom. The van der Waals surface area contributed by atoms with E-state index in [1.165, 1.54) is 12.0 Å². The number of nitrogens with zero attached hydrogens (tertiary/aromatic N) is 2. The number of hydrogen-bond donors (Lipinski definition) is 1. The molecule has 0 saturated carbocycles. The molecule has 1 aromatic rings. The highest BCUT2D eigenvalue weighted by Gasteiger charge is 2.30. The van der Waals surface area contributed by atoms with Gasteiger partial charge in [0.25, 0.3) is 0 Å². The topological polar surface area (TPSA) is 36.9 Å². The number of hydrogen-bond acceptors (Lipinski definition) is 2. The zero-order valence-corrected chi connectivity index (χ0v) is 17.7. The van der Waals surface area contributed by atoms with Crippen LogP contribution in [0.25, 0.3) is 0 Å². The van der Waals surface area contributed by atoms with Gasteiger partial charge in [-0.3, -0.25) is 4.99 Å². The first-order valence-corrected chi connectivity index (χ1v) is 8.64. The highest BCUT2D eigenvalue weighted by atomic mass is 127. The van der Waals surface area contributed by atoms with Crippen molar-refractivity contribution >= 4 is 29.9 Å². The number of aliphatic imine (C=N–C) groups is 1. The second-order valence-corrected chi connectivity index (χ2v) is 7.09. The summed E-state index contributed by atoms with van der Waals surface area (Å²) < 4.78 is 5.91. The van der Waals surface area contributed by atoms with Crippen molar-refractivity contribution in [3.05, 3.63) is 35.9 Å². The van der Waals surface area contributed by atoms with E-state index in [-0.39, 0.29) is 30.1 Å². The molecule has 1 fully saturated rings. The molecule has 136 valence electrons. The van der Waals surface area contributed by atoms with Crippen LogP contribution < -0.4 is 5.32 Å². The standard InChI is InChI=1S/C19H31N3O.HI/c1-16(17-9-6-5-7-10-17)23-14-8-12-21-18(20-4)22-13-11-19(2,3)15-22;/h5-7,9-10,16H,8,11-15H2,1-4H3,(H,20,21);1H. The molecule has 1 saturated heterocycles. The third-order valence-corrected chi connectivity index (χ3v) is 4.43. The van der Waals surface area contributed by atoms with E-state index >= 15 is 0 Å². The Hall–Kier alpha value is -0.820. The molecule has 24 heavy (non-hydrogen) atoms. The summed E-state index contributed by atoms with van der Waals surface area (Å²) in [5.41, 5.74) is 1.63. The lowest BCUT2D eigenvalue weighted by Crippen LogP contribution is -2.41. The van der Waals surface area contributed by atoms with Gasteiger partial charge in [0.1, 0.15) is 0 Å². The van der Waals surface area contributed by atoms with Gasteiger partial charge in [-0.2, -0.15) is 0 Å². The largest absolute Gasteiger partial charge is 0.374 e. The summed E-state index contributed by atoms with van der Waals surface area (Å²) in [4.78, 5) is 6.76. The fraction of sp³-hybridized carbons (Fsp3) is 0.632. The molecule has 1 heterocycles. The van der Waals surface area contributed by atoms with Gasteiger partial charge in [-0.1, -0.05) is 44.2 Å². The summed E-state index contributed by atoms with van der Waals surface area (Å²) in [7, 11) is 1.86. The molecule has 1 aliphatic heterocycles. The highest BCUT2D eigenvalue weighted by Crippen LogP contribution is 2.28. The van der Waals surface area contributed by atoms with Crippen LogP contribution in [0.5, 0.6) is 0 Å². The maximum Gasteiger partial charge on any atom is 0.193 e. The Morgan fingerprint density at radius 1 is 1.33 bits per heavy atom. The molecular formula is C19H32IN3O. The number of guanidine groups is 1. The lowest BCUT2D eigenvalue weighted by atomic mass is 9.93. The van der Waals surface area contributed by atoms with E-state index in [2.05, 4.69) is 60.2 Å². The van der Waals surface area contributed by atoms with Crippen LogP contribution in [0.15, 0.2) is 35.3 Å². The van der Waals surface area contributed by atoms with Gasteiger partial charge in [0.2, 0.25) is 0 Å². The average Bonchev–Trinajstić information content (AvgIpc) is 2.91. The van der Waals surface area contributed by atoms with Crippen molar-refractivity contribution in [3.63, 3.8) is 0 Å². The molecule has 1 atom stereocenters. The zero-order valence-electron chi connectivity index (χ0n) is 15.4. The van der Waals surface area contributed by atoms with Crippen molar-refractivity contribution in [2.75, 3.05) is 33.3 Å². The number of ether oxygens (including phenoxy) is 1. The molecule has 1 aromatic carbocycles. The fourth-order valence-corrected chi connectivity index (χ4v) is 2.98. The number of nitrogens with one attached hydrogen (secondary N) is 1. The number of likely N-dealkylation sites (tertiary alicyclic amines) is 1. The van der Waals surface area contributed by atoms with E-state index < -0.39 is 0 Å². The Bertz CT molecular complexity index is 505. The molecular weight excluding hydrogens is 413 g/mol. The number of rotatable bonds is 6. The quantitative estimate of drug-likeness (QED) is 0.310. The first kappa shape index (κ1) is 21.2. The van der Waals surface area contributed by atoms with Crippen molar-refractivity contribution in [1.82, 2.24) is 10.2 Å². The SMILES string of the molecule is CN=C(NCCCOC(C)c1ccccc1)N1CCC(C)(C)C1.I. The van der Waals surface area contributed by atoms with Gasteiger partial charge in [-0.15, -0.1) is 24.0 Å². The van der Waals surface area contributed by atoms with Gasteiger partial charge in [0, 0.05) is 33.3 Å². The van der Waals surface area contributed by atoms with Gasteiger partial charge in [0.15, 0.2) is 5.96 Å². The smallest absolute Gasteiger partial charge is 0.193 e. The third kappa shape index (κ3) is 6.59. The summed E-state index contributed by atoms with van der Waals surface area (Å²) in [5, 5.41) is 3.46. The van der Waals surface area contributed by atoms with Gasteiger partial charge < -0.3 is 15.0 Å². The second-order valence-electron chi connectivity index (χ2n) is 7.09. The summed E-state index contributed by atoms with van der Waals surface area (Å²) in [6, 6.07) is 10.4. The minimum absolute atomic E-state index is 0. The lowest BCUT2D eigenvalue weighted by molar-refractivity contribution is 0.0645. The summed E-state index contributed by atoms with van der Waals surface area (Å²) in [5.74, 6) is 1.02. The minimum Gasteiger partial charge on any atom is -0.374 e. The van der Waals surface area contributed by atoms with Crippen LogP contribution in [0, 0.1) is 5.41 Å². The Labute approximate surface area is 164 Å². The summed E-state index contributed by atoms with van der Waals surface area (Å²) in [6.07, 6.45) is 2.36. The van der Waals surface area contributed by atoms with Crippen LogP contribution in [0.3, 0.4) is 0 Å². The van der Waals surface area contributed by atoms with Gasteiger partial charge in [-0.25, -0.2) is 0 Å². The van der Waals surface area contributed by atoms with E-state index in [4.69, 9.17) is 4.74 Å². The van der Waals surface area contributed by atoms with Crippen molar-refractivity contribution in [3.8, 4) is 0 Å². The molecule has 4 nitrogen and oxygen atoms in total. The van der Waals surface area contributed by atoms with Crippen LogP contribution in [0.1, 0.15) is 45.3 Å². The lowest BCUT2D eigenvalue weighted by Gasteiger charge is -2.23. The fourth-order valence-electron chi connectivity index (χ4n) is 2.98. The molecule has 5 heteroatoms. The summed E-state index contributed by atoms with van der Waals surface area (Å²) in [6.45, 7) is 10.6. The zero-order chi connectivity index (χ0) is 16.7. The molecule has 1 aliphatic rings. The second kappa shape index (κ2) is 10.2. The molecule has 0 bridgehead atoms. The number of halogens is 1. The van der Waals surface area contributed by atoms with Gasteiger partial charge in [0.05, 0.1) is 6.10 Å². The average molecular weight is 445 g/mol. The minimum atomic E-state index is 0. The van der Waals surface area contributed by atoms with Crippen molar-refractivity contribution < 1.29 is 4.74 Å². The Kier molecular flexibility index (Phi) is 9.05. The van der Waals surface area contributed by atoms with Crippen LogP contribution in [-0.2, 0) is 4.74 Å². The first-order valence-electron chi connectivity index (χ1n) is 8.64. The predicted octanol–water partition coefficient (Wildman–Crippen LogP) is 4.08. The molecule has 0 radical (unpaired) electrons. The molecule has 1 N–H and O–H groups in total. The monoisotopic (exact) mass is 445 g/mol. The molecule has 0 spiro atoms. The van der Waals surface area contributed by atoms with E-state index in [0.29, 0.717) is 5.41 Å². The van der Waals surface area contributed by atoms with E-state index in [9.17, 15) is 0 Å². The van der Waals surface area contributed by atoms with Crippen LogP contribution in [0.4, 0.5) is 0 Å². The van der Waals surface area contributed by atoms with Crippen LogP contribution >= 0.6 is 24.0 Å². The maximum absolute atomic E-state index is 5.91. The van der Waals surface area contributed by atoms with E-state index in [1.807, 2.05) is 13.1 Å². The number of benzene rings is 1. The third-order valence-electron chi connectivity index (χ3n) is 4.43. The van der Waals surface area contributed by atoms with Crippen molar-refractivity contribution in [2.45, 2.75) is 39.7 Å². The molecule has 0 aliphatic carbocycles. The predicted molar refractivity (Wildman–Crippen MR) is 112 cm³/mol. The Morgan fingerprint density at radius 2 is 2.04 bits per heavy atom. The van der Waals surface area contributed by atoms with Crippen LogP contribution in [-0.4, -0.2) is 44.1 Å². The van der Waals surface area contributed by atoms with Gasteiger partial charge in [-0.05, 0) is 30.7 Å². The first-order chi connectivity index (χ1) is 11.0. The molecule has 1 unspecified atom stereocenters. The Balaban J connectivity index is 0.00000288. The highest BCUT2D eigenvalue weighted by molar-refractivity contribution is 14.0. The molecule has 2 rings (SSSR count). The van der Waals surface area contributed by atoms with E-state index in [0.717, 1.165) is 38.6 Å². The molecule has 0 amide bonds. The van der Waals surface area contributed by atoms with E-state index in [1.54, 1.807) is 0 Å². The van der Waals surface area contributed by atoms with Crippen molar-refractivity contribution in [2.24, 2.45) is 10.4 Å². The maximum atomic E-state index is 5.91. The molecule has 0 aromatic heterocycles.